The third-order valence-electron chi connectivity index (χ3n) is 2.82. The van der Waals surface area contributed by atoms with E-state index in [2.05, 4.69) is 5.32 Å². The SMILES string of the molecule is CC(C)(CC(=O)Nc1ccc(CCO)cc1)C(=O)O. The van der Waals surface area contributed by atoms with Crippen LogP contribution in [0.15, 0.2) is 24.3 Å². The molecule has 0 heterocycles. The Morgan fingerprint density at radius 3 is 2.26 bits per heavy atom. The Balaban J connectivity index is 2.60. The van der Waals surface area contributed by atoms with Crippen LogP contribution in [0.5, 0.6) is 0 Å². The second-order valence-electron chi connectivity index (χ2n) is 5.08. The van der Waals surface area contributed by atoms with E-state index in [1.54, 1.807) is 12.1 Å². The van der Waals surface area contributed by atoms with Gasteiger partial charge in [0.25, 0.3) is 0 Å². The van der Waals surface area contributed by atoms with Crippen LogP contribution in [0.1, 0.15) is 25.8 Å². The zero-order valence-electron chi connectivity index (χ0n) is 11.1. The number of nitrogens with one attached hydrogen (secondary N) is 1. The van der Waals surface area contributed by atoms with E-state index in [1.165, 1.54) is 13.8 Å². The van der Waals surface area contributed by atoms with E-state index in [4.69, 9.17) is 10.2 Å². The van der Waals surface area contributed by atoms with Crippen molar-refractivity contribution in [3.05, 3.63) is 29.8 Å². The van der Waals surface area contributed by atoms with E-state index in [1.807, 2.05) is 12.1 Å². The van der Waals surface area contributed by atoms with Gasteiger partial charge in [0, 0.05) is 18.7 Å². The van der Waals surface area contributed by atoms with Crippen LogP contribution in [-0.2, 0) is 16.0 Å². The highest BCUT2D eigenvalue weighted by atomic mass is 16.4. The van der Waals surface area contributed by atoms with Crippen molar-refractivity contribution in [2.24, 2.45) is 5.41 Å². The predicted molar refractivity (Wildman–Crippen MR) is 71.9 cm³/mol. The molecule has 0 saturated carbocycles. The van der Waals surface area contributed by atoms with Gasteiger partial charge in [-0.25, -0.2) is 0 Å². The molecule has 5 nitrogen and oxygen atoms in total. The second-order valence-corrected chi connectivity index (χ2v) is 5.08. The molecule has 19 heavy (non-hydrogen) atoms. The summed E-state index contributed by atoms with van der Waals surface area (Å²) < 4.78 is 0. The number of hydrogen-bond donors (Lipinski definition) is 3. The fourth-order valence-electron chi connectivity index (χ4n) is 1.57. The van der Waals surface area contributed by atoms with Crippen LogP contribution in [0.4, 0.5) is 5.69 Å². The number of carbonyl (C=O) groups is 2. The van der Waals surface area contributed by atoms with Gasteiger partial charge in [-0.15, -0.1) is 0 Å². The van der Waals surface area contributed by atoms with Gasteiger partial charge >= 0.3 is 5.97 Å². The first kappa shape index (κ1) is 15.2. The lowest BCUT2D eigenvalue weighted by Gasteiger charge is -2.18. The molecule has 0 unspecified atom stereocenters. The standard InChI is InChI=1S/C14H19NO4/c1-14(2,13(18)19)9-12(17)15-11-5-3-10(4-6-11)7-8-16/h3-6,16H,7-9H2,1-2H3,(H,15,17)(H,18,19). The molecule has 0 saturated heterocycles. The minimum atomic E-state index is -1.08. The lowest BCUT2D eigenvalue weighted by molar-refractivity contribution is -0.148. The quantitative estimate of drug-likeness (QED) is 0.730. The van der Waals surface area contributed by atoms with Crippen molar-refractivity contribution in [2.75, 3.05) is 11.9 Å². The molecular weight excluding hydrogens is 246 g/mol. The molecule has 0 aliphatic heterocycles. The van der Waals surface area contributed by atoms with Gasteiger partial charge in [-0.3, -0.25) is 9.59 Å². The van der Waals surface area contributed by atoms with Gasteiger partial charge in [0.2, 0.25) is 5.91 Å². The third-order valence-corrected chi connectivity index (χ3v) is 2.82. The molecule has 0 fully saturated rings. The molecule has 1 amide bonds. The fourth-order valence-corrected chi connectivity index (χ4v) is 1.57. The van der Waals surface area contributed by atoms with Gasteiger partial charge < -0.3 is 15.5 Å². The summed E-state index contributed by atoms with van der Waals surface area (Å²) in [6.45, 7) is 3.11. The van der Waals surface area contributed by atoms with Crippen molar-refractivity contribution in [2.45, 2.75) is 26.7 Å². The average Bonchev–Trinajstić information content (AvgIpc) is 2.31. The van der Waals surface area contributed by atoms with Crippen molar-refractivity contribution in [3.8, 4) is 0 Å². The molecule has 0 aromatic heterocycles. The Morgan fingerprint density at radius 2 is 1.79 bits per heavy atom. The first-order chi connectivity index (χ1) is 8.85. The summed E-state index contributed by atoms with van der Waals surface area (Å²) in [7, 11) is 0. The molecule has 0 radical (unpaired) electrons. The van der Waals surface area contributed by atoms with Crippen LogP contribution >= 0.6 is 0 Å². The first-order valence-corrected chi connectivity index (χ1v) is 6.08. The van der Waals surface area contributed by atoms with Crippen LogP contribution in [0, 0.1) is 5.41 Å². The third kappa shape index (κ3) is 4.71. The van der Waals surface area contributed by atoms with Crippen molar-refractivity contribution in [1.29, 1.82) is 0 Å². The molecule has 1 aromatic carbocycles. The largest absolute Gasteiger partial charge is 0.481 e. The summed E-state index contributed by atoms with van der Waals surface area (Å²) in [4.78, 5) is 22.7. The molecule has 0 bridgehead atoms. The number of aliphatic hydroxyl groups excluding tert-OH is 1. The van der Waals surface area contributed by atoms with Gasteiger partial charge in [0.15, 0.2) is 0 Å². The summed E-state index contributed by atoms with van der Waals surface area (Å²) in [5.74, 6) is -1.33. The number of aliphatic hydroxyl groups is 1. The monoisotopic (exact) mass is 265 g/mol. The topological polar surface area (TPSA) is 86.6 Å². The summed E-state index contributed by atoms with van der Waals surface area (Å²) in [5.41, 5.74) is 0.514. The minimum Gasteiger partial charge on any atom is -0.481 e. The van der Waals surface area contributed by atoms with Crippen LogP contribution in [0.25, 0.3) is 0 Å². The molecule has 104 valence electrons. The average molecular weight is 265 g/mol. The Morgan fingerprint density at radius 1 is 1.21 bits per heavy atom. The van der Waals surface area contributed by atoms with Gasteiger partial charge in [-0.2, -0.15) is 0 Å². The van der Waals surface area contributed by atoms with Crippen LogP contribution in [0.3, 0.4) is 0 Å². The summed E-state index contributed by atoms with van der Waals surface area (Å²) in [6, 6.07) is 7.09. The number of anilines is 1. The number of amides is 1. The number of carboxylic acids is 1. The zero-order valence-corrected chi connectivity index (χ0v) is 11.1. The highest BCUT2D eigenvalue weighted by molar-refractivity contribution is 5.94. The van der Waals surface area contributed by atoms with Gasteiger partial charge in [-0.1, -0.05) is 12.1 Å². The Bertz CT molecular complexity index is 451. The van der Waals surface area contributed by atoms with Gasteiger partial charge in [0.05, 0.1) is 5.41 Å². The highest BCUT2D eigenvalue weighted by Crippen LogP contribution is 2.21. The fraction of sp³-hybridized carbons (Fsp3) is 0.429. The van der Waals surface area contributed by atoms with Crippen molar-refractivity contribution in [3.63, 3.8) is 0 Å². The van der Waals surface area contributed by atoms with Crippen molar-refractivity contribution < 1.29 is 19.8 Å². The number of hydrogen-bond acceptors (Lipinski definition) is 3. The van der Waals surface area contributed by atoms with Crippen LogP contribution in [0.2, 0.25) is 0 Å². The van der Waals surface area contributed by atoms with E-state index < -0.39 is 11.4 Å². The Hall–Kier alpha value is -1.88. The van der Waals surface area contributed by atoms with Gasteiger partial charge in [-0.05, 0) is 38.0 Å². The van der Waals surface area contributed by atoms with Crippen LogP contribution < -0.4 is 5.32 Å². The molecule has 1 rings (SSSR count). The smallest absolute Gasteiger partial charge is 0.309 e. The van der Waals surface area contributed by atoms with E-state index in [9.17, 15) is 9.59 Å². The number of rotatable bonds is 6. The Labute approximate surface area is 112 Å². The first-order valence-electron chi connectivity index (χ1n) is 6.08. The molecule has 0 spiro atoms. The summed E-state index contributed by atoms with van der Waals surface area (Å²) in [5, 5.41) is 20.4. The maximum absolute atomic E-state index is 11.7. The lowest BCUT2D eigenvalue weighted by Crippen LogP contribution is -2.29. The minimum absolute atomic E-state index is 0.0819. The van der Waals surface area contributed by atoms with Gasteiger partial charge in [0.1, 0.15) is 0 Å². The number of benzene rings is 1. The molecular formula is C14H19NO4. The normalized spacial score (nSPS) is 11.1. The number of carbonyl (C=O) groups excluding carboxylic acids is 1. The summed E-state index contributed by atoms with van der Waals surface area (Å²) >= 11 is 0. The van der Waals surface area contributed by atoms with E-state index in [0.29, 0.717) is 12.1 Å². The van der Waals surface area contributed by atoms with Crippen molar-refractivity contribution >= 4 is 17.6 Å². The molecule has 0 atom stereocenters. The van der Waals surface area contributed by atoms with Crippen LogP contribution in [-0.4, -0.2) is 28.7 Å². The van der Waals surface area contributed by atoms with E-state index in [-0.39, 0.29) is 18.9 Å². The molecule has 0 aliphatic carbocycles. The maximum atomic E-state index is 11.7. The highest BCUT2D eigenvalue weighted by Gasteiger charge is 2.30. The number of aliphatic carboxylic acids is 1. The molecule has 1 aromatic rings. The Kier molecular flexibility index (Phi) is 5.06. The summed E-state index contributed by atoms with van der Waals surface area (Å²) in [6.07, 6.45) is 0.487. The van der Waals surface area contributed by atoms with E-state index in [0.717, 1.165) is 5.56 Å². The lowest BCUT2D eigenvalue weighted by atomic mass is 9.89. The van der Waals surface area contributed by atoms with E-state index >= 15 is 0 Å². The zero-order chi connectivity index (χ0) is 14.5. The maximum Gasteiger partial charge on any atom is 0.309 e. The van der Waals surface area contributed by atoms with Crippen molar-refractivity contribution in [1.82, 2.24) is 0 Å². The molecule has 5 heteroatoms. The number of carboxylic acid groups (broad SMARTS) is 1. The molecule has 3 N–H and O–H groups in total. The molecule has 0 aliphatic rings. The second kappa shape index (κ2) is 6.33. The predicted octanol–water partition coefficient (Wildman–Crippen LogP) is 1.66.